The fraction of sp³-hybridized carbons (Fsp3) is 1.00. The van der Waals surface area contributed by atoms with E-state index in [0.717, 1.165) is 0 Å². The zero-order valence-electron chi connectivity index (χ0n) is 8.86. The first kappa shape index (κ1) is 14.5. The molecule has 0 aliphatic carbocycles. The molecule has 2 saturated heterocycles. The molecule has 12 heteroatoms. The van der Waals surface area contributed by atoms with Crippen LogP contribution in [0.25, 0.3) is 0 Å². The third-order valence-electron chi connectivity index (χ3n) is 2.51. The number of phosphoric acid groups is 2. The van der Waals surface area contributed by atoms with Crippen molar-refractivity contribution in [3.05, 3.63) is 0 Å². The summed E-state index contributed by atoms with van der Waals surface area (Å²) < 4.78 is 40.6. The second-order valence-corrected chi connectivity index (χ2v) is 6.25. The third kappa shape index (κ3) is 3.58. The van der Waals surface area contributed by atoms with Crippen molar-refractivity contribution in [3.8, 4) is 0 Å². The molecule has 10 nitrogen and oxygen atoms in total. The van der Waals surface area contributed by atoms with Crippen LogP contribution >= 0.6 is 15.6 Å². The molecule has 2 rings (SSSR count). The average Bonchev–Trinajstić information content (AvgIpc) is 2.66. The number of phosphoric ester groups is 2. The summed E-state index contributed by atoms with van der Waals surface area (Å²) in [5.41, 5.74) is 0. The van der Waals surface area contributed by atoms with E-state index in [2.05, 4.69) is 9.05 Å². The second-order valence-electron chi connectivity index (χ2n) is 3.86. The van der Waals surface area contributed by atoms with Gasteiger partial charge >= 0.3 is 15.6 Å². The molecule has 2 heterocycles. The summed E-state index contributed by atoms with van der Waals surface area (Å²) >= 11 is 0. The zero-order chi connectivity index (χ0) is 13.6. The van der Waals surface area contributed by atoms with Crippen LogP contribution in [-0.4, -0.2) is 57.2 Å². The fourth-order valence-electron chi connectivity index (χ4n) is 1.96. The smallest absolute Gasteiger partial charge is 0.370 e. The van der Waals surface area contributed by atoms with E-state index in [0.29, 0.717) is 0 Å². The van der Waals surface area contributed by atoms with Crippen molar-refractivity contribution in [2.24, 2.45) is 0 Å². The minimum Gasteiger partial charge on any atom is -0.370 e. The molecule has 0 aromatic rings. The van der Waals surface area contributed by atoms with Crippen molar-refractivity contribution < 1.29 is 47.2 Å². The SMILES string of the molecule is O=P(O)(O)OC1COC2C(OP(=O)(O)O)COC12. The van der Waals surface area contributed by atoms with Gasteiger partial charge in [-0.15, -0.1) is 0 Å². The van der Waals surface area contributed by atoms with Gasteiger partial charge in [-0.25, -0.2) is 9.13 Å². The molecule has 0 amide bonds. The highest BCUT2D eigenvalue weighted by molar-refractivity contribution is 7.46. The number of hydrogen-bond acceptors (Lipinski definition) is 6. The Bertz CT molecular complexity index is 361. The van der Waals surface area contributed by atoms with Gasteiger partial charge in [-0.1, -0.05) is 0 Å². The maximum atomic E-state index is 10.7. The van der Waals surface area contributed by atoms with Crippen molar-refractivity contribution in [1.82, 2.24) is 0 Å². The summed E-state index contributed by atoms with van der Waals surface area (Å²) in [5.74, 6) is 0. The Hall–Kier alpha value is 0.140. The highest BCUT2D eigenvalue weighted by atomic mass is 31.2. The maximum absolute atomic E-state index is 10.7. The van der Waals surface area contributed by atoms with E-state index < -0.39 is 40.1 Å². The predicted molar refractivity (Wildman–Crippen MR) is 53.3 cm³/mol. The standard InChI is InChI=1S/C6H12O10P2/c7-17(8,9)15-3-1-13-6-4(2-14-5(3)6)16-18(10,11)12/h3-6H,1-2H2,(H2,7,8,9)(H2,10,11,12). The van der Waals surface area contributed by atoms with Crippen molar-refractivity contribution >= 4 is 15.6 Å². The Labute approximate surface area is 101 Å². The third-order valence-corrected chi connectivity index (χ3v) is 3.60. The molecule has 0 saturated carbocycles. The summed E-state index contributed by atoms with van der Waals surface area (Å²) in [4.78, 5) is 34.7. The lowest BCUT2D eigenvalue weighted by molar-refractivity contribution is 0.00133. The molecule has 4 unspecified atom stereocenters. The lowest BCUT2D eigenvalue weighted by Crippen LogP contribution is -2.33. The van der Waals surface area contributed by atoms with Gasteiger partial charge in [-0.3, -0.25) is 9.05 Å². The van der Waals surface area contributed by atoms with Crippen LogP contribution in [0.15, 0.2) is 0 Å². The predicted octanol–water partition coefficient (Wildman–Crippen LogP) is -1.26. The van der Waals surface area contributed by atoms with Gasteiger partial charge in [0.15, 0.2) is 0 Å². The number of fused-ring (bicyclic) bond motifs is 1. The van der Waals surface area contributed by atoms with Gasteiger partial charge in [-0.2, -0.15) is 0 Å². The lowest BCUT2D eigenvalue weighted by Gasteiger charge is -2.17. The van der Waals surface area contributed by atoms with Gasteiger partial charge < -0.3 is 29.0 Å². The number of hydrogen-bond donors (Lipinski definition) is 4. The quantitative estimate of drug-likeness (QED) is 0.463. The topological polar surface area (TPSA) is 152 Å². The minimum atomic E-state index is -4.68. The first-order valence-corrected chi connectivity index (χ1v) is 7.93. The monoisotopic (exact) mass is 306 g/mol. The van der Waals surface area contributed by atoms with Crippen LogP contribution < -0.4 is 0 Å². The van der Waals surface area contributed by atoms with Crippen LogP contribution in [0.3, 0.4) is 0 Å². The molecule has 106 valence electrons. The van der Waals surface area contributed by atoms with Gasteiger partial charge in [0.2, 0.25) is 0 Å². The van der Waals surface area contributed by atoms with Crippen molar-refractivity contribution in [2.75, 3.05) is 13.2 Å². The molecule has 0 radical (unpaired) electrons. The van der Waals surface area contributed by atoms with E-state index in [1.165, 1.54) is 0 Å². The van der Waals surface area contributed by atoms with Crippen molar-refractivity contribution in [1.29, 1.82) is 0 Å². The van der Waals surface area contributed by atoms with E-state index >= 15 is 0 Å². The summed E-state index contributed by atoms with van der Waals surface area (Å²) in [5, 5.41) is 0. The Morgan fingerprint density at radius 3 is 1.44 bits per heavy atom. The molecular weight excluding hydrogens is 294 g/mol. The number of ether oxygens (including phenoxy) is 2. The highest BCUT2D eigenvalue weighted by Crippen LogP contribution is 2.45. The summed E-state index contributed by atoms with van der Waals surface area (Å²) in [6.07, 6.45) is -3.65. The molecule has 0 aromatic heterocycles. The number of rotatable bonds is 4. The summed E-state index contributed by atoms with van der Waals surface area (Å²) in [6.45, 7) is -0.303. The van der Waals surface area contributed by atoms with E-state index in [4.69, 9.17) is 29.0 Å². The van der Waals surface area contributed by atoms with Gasteiger partial charge in [0.05, 0.1) is 13.2 Å². The van der Waals surface area contributed by atoms with Gasteiger partial charge in [0.25, 0.3) is 0 Å². The minimum absolute atomic E-state index is 0.151. The molecule has 0 spiro atoms. The van der Waals surface area contributed by atoms with Crippen molar-refractivity contribution in [2.45, 2.75) is 24.4 Å². The highest BCUT2D eigenvalue weighted by Gasteiger charge is 2.52. The first-order chi connectivity index (χ1) is 8.16. The van der Waals surface area contributed by atoms with E-state index in [-0.39, 0.29) is 13.2 Å². The zero-order valence-corrected chi connectivity index (χ0v) is 10.6. The van der Waals surface area contributed by atoms with E-state index in [1.54, 1.807) is 0 Å². The molecule has 0 aromatic carbocycles. The van der Waals surface area contributed by atoms with Crippen LogP contribution in [-0.2, 0) is 27.7 Å². The normalized spacial score (nSPS) is 36.9. The largest absolute Gasteiger partial charge is 0.470 e. The molecule has 2 aliphatic rings. The Morgan fingerprint density at radius 2 is 1.17 bits per heavy atom. The fourth-order valence-corrected chi connectivity index (χ4v) is 3.03. The van der Waals surface area contributed by atoms with Crippen LogP contribution in [0, 0.1) is 0 Å². The average molecular weight is 306 g/mol. The van der Waals surface area contributed by atoms with E-state index in [1.807, 2.05) is 0 Å². The molecule has 2 fully saturated rings. The van der Waals surface area contributed by atoms with Crippen LogP contribution in [0.5, 0.6) is 0 Å². The molecule has 4 N–H and O–H groups in total. The molecule has 0 bridgehead atoms. The maximum Gasteiger partial charge on any atom is 0.470 e. The van der Waals surface area contributed by atoms with Crippen LogP contribution in [0.4, 0.5) is 0 Å². The van der Waals surface area contributed by atoms with Gasteiger partial charge in [0, 0.05) is 0 Å². The van der Waals surface area contributed by atoms with Crippen LogP contribution in [0.2, 0.25) is 0 Å². The Balaban J connectivity index is 1.99. The molecular formula is C6H12O10P2. The molecule has 4 atom stereocenters. The molecule has 18 heavy (non-hydrogen) atoms. The van der Waals surface area contributed by atoms with Gasteiger partial charge in [0.1, 0.15) is 24.4 Å². The summed E-state index contributed by atoms with van der Waals surface area (Å²) in [6, 6.07) is 0. The van der Waals surface area contributed by atoms with E-state index in [9.17, 15) is 9.13 Å². The Kier molecular flexibility index (Phi) is 3.97. The lowest BCUT2D eigenvalue weighted by atomic mass is 10.1. The van der Waals surface area contributed by atoms with Crippen LogP contribution in [0.1, 0.15) is 0 Å². The molecule has 2 aliphatic heterocycles. The Morgan fingerprint density at radius 1 is 0.833 bits per heavy atom. The van der Waals surface area contributed by atoms with Gasteiger partial charge in [-0.05, 0) is 0 Å². The first-order valence-electron chi connectivity index (χ1n) is 4.87. The second kappa shape index (κ2) is 4.92. The van der Waals surface area contributed by atoms with Crippen molar-refractivity contribution in [3.63, 3.8) is 0 Å². The summed E-state index contributed by atoms with van der Waals surface area (Å²) in [7, 11) is -9.36.